The first-order chi connectivity index (χ1) is 8.33. The van der Waals surface area contributed by atoms with Crippen LogP contribution in [-0.2, 0) is 4.79 Å². The van der Waals surface area contributed by atoms with E-state index in [0.717, 1.165) is 19.3 Å². The second kappa shape index (κ2) is 4.69. The predicted molar refractivity (Wildman–Crippen MR) is 70.1 cm³/mol. The highest BCUT2D eigenvalue weighted by Crippen LogP contribution is 2.49. The molecule has 1 fully saturated rings. The van der Waals surface area contributed by atoms with Gasteiger partial charge < -0.3 is 10.2 Å². The summed E-state index contributed by atoms with van der Waals surface area (Å²) in [7, 11) is 0. The van der Waals surface area contributed by atoms with Gasteiger partial charge in [0, 0.05) is 5.57 Å². The van der Waals surface area contributed by atoms with Crippen molar-refractivity contribution in [3.8, 4) is 0 Å². The summed E-state index contributed by atoms with van der Waals surface area (Å²) >= 11 is 0. The molecular formula is C15H24O3. The SMILES string of the molecule is CC(C)C1CCC(C)(O)C2CCC(C(=O)O)=CC12. The van der Waals surface area contributed by atoms with E-state index >= 15 is 0 Å². The zero-order chi connectivity index (χ0) is 13.5. The molecule has 2 aliphatic carbocycles. The summed E-state index contributed by atoms with van der Waals surface area (Å²) < 4.78 is 0. The molecule has 0 radical (unpaired) electrons. The Labute approximate surface area is 109 Å². The molecule has 0 heterocycles. The van der Waals surface area contributed by atoms with Crippen LogP contribution in [0.2, 0.25) is 0 Å². The summed E-state index contributed by atoms with van der Waals surface area (Å²) in [5, 5.41) is 19.7. The van der Waals surface area contributed by atoms with Gasteiger partial charge in [0.2, 0.25) is 0 Å². The van der Waals surface area contributed by atoms with Crippen LogP contribution in [0.1, 0.15) is 46.5 Å². The number of allylic oxidation sites excluding steroid dienone is 1. The smallest absolute Gasteiger partial charge is 0.331 e. The van der Waals surface area contributed by atoms with E-state index in [1.54, 1.807) is 0 Å². The van der Waals surface area contributed by atoms with E-state index in [-0.39, 0.29) is 11.8 Å². The molecule has 0 aromatic heterocycles. The maximum atomic E-state index is 11.1. The van der Waals surface area contributed by atoms with Gasteiger partial charge in [0.25, 0.3) is 0 Å². The normalized spacial score (nSPS) is 40.3. The number of hydrogen-bond acceptors (Lipinski definition) is 2. The Morgan fingerprint density at radius 2 is 2.11 bits per heavy atom. The molecule has 102 valence electrons. The van der Waals surface area contributed by atoms with Crippen LogP contribution in [0.5, 0.6) is 0 Å². The van der Waals surface area contributed by atoms with Crippen LogP contribution < -0.4 is 0 Å². The van der Waals surface area contributed by atoms with Gasteiger partial charge in [-0.1, -0.05) is 19.9 Å². The van der Waals surface area contributed by atoms with Crippen molar-refractivity contribution in [3.05, 3.63) is 11.6 Å². The van der Waals surface area contributed by atoms with Crippen molar-refractivity contribution in [1.29, 1.82) is 0 Å². The van der Waals surface area contributed by atoms with Gasteiger partial charge in [-0.25, -0.2) is 4.79 Å². The van der Waals surface area contributed by atoms with Gasteiger partial charge in [0.1, 0.15) is 0 Å². The molecule has 3 nitrogen and oxygen atoms in total. The van der Waals surface area contributed by atoms with E-state index in [1.807, 2.05) is 13.0 Å². The monoisotopic (exact) mass is 252 g/mol. The number of aliphatic carboxylic acids is 1. The minimum Gasteiger partial charge on any atom is -0.478 e. The third kappa shape index (κ3) is 2.33. The van der Waals surface area contributed by atoms with E-state index in [0.29, 0.717) is 23.8 Å². The van der Waals surface area contributed by atoms with Gasteiger partial charge in [-0.3, -0.25) is 0 Å². The number of aliphatic hydroxyl groups is 1. The highest BCUT2D eigenvalue weighted by atomic mass is 16.4. The van der Waals surface area contributed by atoms with Crippen LogP contribution in [0.25, 0.3) is 0 Å². The molecule has 1 saturated carbocycles. The van der Waals surface area contributed by atoms with Crippen molar-refractivity contribution in [1.82, 2.24) is 0 Å². The number of carbonyl (C=O) groups is 1. The van der Waals surface area contributed by atoms with Gasteiger partial charge in [0.05, 0.1) is 5.60 Å². The summed E-state index contributed by atoms with van der Waals surface area (Å²) in [4.78, 5) is 11.1. The average molecular weight is 252 g/mol. The number of rotatable bonds is 2. The number of hydrogen-bond donors (Lipinski definition) is 2. The van der Waals surface area contributed by atoms with Gasteiger partial charge >= 0.3 is 5.97 Å². The van der Waals surface area contributed by atoms with Gasteiger partial charge in [-0.05, 0) is 56.3 Å². The predicted octanol–water partition coefficient (Wildman–Crippen LogP) is 2.84. The fraction of sp³-hybridized carbons (Fsp3) is 0.800. The molecular weight excluding hydrogens is 228 g/mol. The fourth-order valence-electron chi connectivity index (χ4n) is 3.88. The summed E-state index contributed by atoms with van der Waals surface area (Å²) in [5.41, 5.74) is -0.0871. The summed E-state index contributed by atoms with van der Waals surface area (Å²) in [6.07, 6.45) is 5.17. The Hall–Kier alpha value is -0.830. The third-order valence-electron chi connectivity index (χ3n) is 4.99. The zero-order valence-electron chi connectivity index (χ0n) is 11.5. The van der Waals surface area contributed by atoms with Crippen molar-refractivity contribution in [3.63, 3.8) is 0 Å². The maximum absolute atomic E-state index is 11.1. The molecule has 0 spiro atoms. The third-order valence-corrected chi connectivity index (χ3v) is 4.99. The molecule has 0 bridgehead atoms. The zero-order valence-corrected chi connectivity index (χ0v) is 11.5. The maximum Gasteiger partial charge on any atom is 0.331 e. The molecule has 3 heteroatoms. The molecule has 18 heavy (non-hydrogen) atoms. The van der Waals surface area contributed by atoms with Crippen molar-refractivity contribution in [2.45, 2.75) is 52.1 Å². The topological polar surface area (TPSA) is 57.5 Å². The van der Waals surface area contributed by atoms with Crippen LogP contribution in [-0.4, -0.2) is 21.8 Å². The van der Waals surface area contributed by atoms with Crippen molar-refractivity contribution >= 4 is 5.97 Å². The Balaban J connectivity index is 2.32. The first-order valence-electron chi connectivity index (χ1n) is 6.99. The molecule has 2 N–H and O–H groups in total. The van der Waals surface area contributed by atoms with Crippen LogP contribution in [0, 0.1) is 23.7 Å². The molecule has 2 rings (SSSR count). The lowest BCUT2D eigenvalue weighted by Crippen LogP contribution is -2.48. The summed E-state index contributed by atoms with van der Waals surface area (Å²) in [5.74, 6) is 0.708. The second-order valence-electron chi connectivity index (χ2n) is 6.52. The number of carboxylic acids is 1. The standard InChI is InChI=1S/C15H24O3/c1-9(2)11-6-7-15(3,18)13-5-4-10(14(16)17)8-12(11)13/h8-9,11-13,18H,4-7H2,1-3H3,(H,16,17). The molecule has 0 aromatic carbocycles. The Kier molecular flexibility index (Phi) is 3.54. The van der Waals surface area contributed by atoms with Crippen LogP contribution >= 0.6 is 0 Å². The Bertz CT molecular complexity index is 368. The molecule has 0 aliphatic heterocycles. The summed E-state index contributed by atoms with van der Waals surface area (Å²) in [6.45, 7) is 6.32. The highest BCUT2D eigenvalue weighted by molar-refractivity contribution is 5.86. The quantitative estimate of drug-likeness (QED) is 0.794. The molecule has 4 atom stereocenters. The lowest BCUT2D eigenvalue weighted by Gasteiger charge is -2.49. The highest BCUT2D eigenvalue weighted by Gasteiger charge is 2.46. The van der Waals surface area contributed by atoms with Gasteiger partial charge in [0.15, 0.2) is 0 Å². The van der Waals surface area contributed by atoms with E-state index in [9.17, 15) is 9.90 Å². The van der Waals surface area contributed by atoms with E-state index in [2.05, 4.69) is 13.8 Å². The molecule has 4 unspecified atom stereocenters. The van der Waals surface area contributed by atoms with E-state index < -0.39 is 11.6 Å². The molecule has 0 aromatic rings. The van der Waals surface area contributed by atoms with E-state index in [1.165, 1.54) is 0 Å². The van der Waals surface area contributed by atoms with Gasteiger partial charge in [-0.15, -0.1) is 0 Å². The number of fused-ring (bicyclic) bond motifs is 1. The molecule has 0 saturated heterocycles. The molecule has 2 aliphatic rings. The lowest BCUT2D eigenvalue weighted by atomic mass is 9.58. The first-order valence-corrected chi connectivity index (χ1v) is 6.99. The van der Waals surface area contributed by atoms with Crippen LogP contribution in [0.4, 0.5) is 0 Å². The first kappa shape index (κ1) is 13.6. The fourth-order valence-corrected chi connectivity index (χ4v) is 3.88. The minimum absolute atomic E-state index is 0.224. The van der Waals surface area contributed by atoms with Crippen molar-refractivity contribution in [2.75, 3.05) is 0 Å². The van der Waals surface area contributed by atoms with Crippen LogP contribution in [0.15, 0.2) is 11.6 Å². The van der Waals surface area contributed by atoms with Crippen molar-refractivity contribution < 1.29 is 15.0 Å². The average Bonchev–Trinajstić information content (AvgIpc) is 2.27. The summed E-state index contributed by atoms with van der Waals surface area (Å²) in [6, 6.07) is 0. The van der Waals surface area contributed by atoms with E-state index in [4.69, 9.17) is 5.11 Å². The molecule has 0 amide bonds. The Morgan fingerprint density at radius 3 is 2.67 bits per heavy atom. The largest absolute Gasteiger partial charge is 0.478 e. The minimum atomic E-state index is -0.791. The van der Waals surface area contributed by atoms with Crippen LogP contribution in [0.3, 0.4) is 0 Å². The van der Waals surface area contributed by atoms with Gasteiger partial charge in [-0.2, -0.15) is 0 Å². The second-order valence-corrected chi connectivity index (χ2v) is 6.52. The lowest BCUT2D eigenvalue weighted by molar-refractivity contribution is -0.133. The Morgan fingerprint density at radius 1 is 1.44 bits per heavy atom. The van der Waals surface area contributed by atoms with Crippen molar-refractivity contribution in [2.24, 2.45) is 23.7 Å². The number of carboxylic acid groups (broad SMARTS) is 1.